The van der Waals surface area contributed by atoms with Crippen LogP contribution >= 0.6 is 0 Å². The molecule has 108 valence electrons. The van der Waals surface area contributed by atoms with E-state index in [-0.39, 0.29) is 11.9 Å². The molecular formula is C16H26FNO. The molecule has 19 heavy (non-hydrogen) atoms. The fraction of sp³-hybridized carbons (Fsp3) is 0.625. The van der Waals surface area contributed by atoms with Crippen LogP contribution in [0.5, 0.6) is 5.75 Å². The van der Waals surface area contributed by atoms with E-state index >= 15 is 0 Å². The van der Waals surface area contributed by atoms with Crippen LogP contribution in [0.25, 0.3) is 0 Å². The Morgan fingerprint density at radius 3 is 2.53 bits per heavy atom. The molecule has 0 fully saturated rings. The van der Waals surface area contributed by atoms with Gasteiger partial charge in [-0.3, -0.25) is 0 Å². The third-order valence-electron chi connectivity index (χ3n) is 3.23. The summed E-state index contributed by atoms with van der Waals surface area (Å²) in [4.78, 5) is 0. The molecule has 0 saturated carbocycles. The van der Waals surface area contributed by atoms with Crippen molar-refractivity contribution in [2.75, 3.05) is 6.61 Å². The van der Waals surface area contributed by atoms with Crippen LogP contribution in [-0.4, -0.2) is 6.61 Å². The second-order valence-corrected chi connectivity index (χ2v) is 5.06. The van der Waals surface area contributed by atoms with Crippen LogP contribution in [-0.2, 0) is 0 Å². The predicted octanol–water partition coefficient (Wildman–Crippen LogP) is 4.58. The molecule has 0 aliphatic carbocycles. The molecule has 0 saturated heterocycles. The van der Waals surface area contributed by atoms with Crippen LogP contribution < -0.4 is 10.5 Å². The first-order valence-corrected chi connectivity index (χ1v) is 7.33. The Balaban J connectivity index is 2.36. The molecule has 0 aromatic heterocycles. The molecule has 0 radical (unpaired) electrons. The van der Waals surface area contributed by atoms with Crippen molar-refractivity contribution in [2.24, 2.45) is 5.73 Å². The van der Waals surface area contributed by atoms with E-state index in [1.165, 1.54) is 31.7 Å². The summed E-state index contributed by atoms with van der Waals surface area (Å²) in [6.45, 7) is 4.61. The van der Waals surface area contributed by atoms with Gasteiger partial charge in [0.2, 0.25) is 0 Å². The van der Waals surface area contributed by atoms with Crippen LogP contribution in [0.15, 0.2) is 18.2 Å². The predicted molar refractivity (Wildman–Crippen MR) is 77.9 cm³/mol. The molecule has 0 spiro atoms. The lowest BCUT2D eigenvalue weighted by atomic mass is 10.1. The molecule has 0 aliphatic rings. The standard InChI is InChI=1S/C16H26FNO/c1-3-4-5-6-7-8-12-19-16-14(13(2)18)10-9-11-15(16)17/h9-11,13H,3-8,12,18H2,1-2H3/t13-/m1/s1. The van der Waals surface area contributed by atoms with E-state index in [2.05, 4.69) is 6.92 Å². The van der Waals surface area contributed by atoms with Gasteiger partial charge in [-0.1, -0.05) is 51.2 Å². The minimum absolute atomic E-state index is 0.213. The lowest BCUT2D eigenvalue weighted by Crippen LogP contribution is -2.10. The van der Waals surface area contributed by atoms with Gasteiger partial charge in [0.25, 0.3) is 0 Å². The maximum atomic E-state index is 13.7. The first kappa shape index (κ1) is 16.0. The first-order valence-electron chi connectivity index (χ1n) is 7.33. The molecule has 1 aromatic carbocycles. The summed E-state index contributed by atoms with van der Waals surface area (Å²) in [5, 5.41) is 0. The number of unbranched alkanes of at least 4 members (excludes halogenated alkanes) is 5. The molecule has 3 heteroatoms. The Kier molecular flexibility index (Phi) is 7.49. The number of para-hydroxylation sites is 1. The fourth-order valence-electron chi connectivity index (χ4n) is 2.09. The van der Waals surface area contributed by atoms with Crippen LogP contribution in [0.4, 0.5) is 4.39 Å². The fourth-order valence-corrected chi connectivity index (χ4v) is 2.09. The highest BCUT2D eigenvalue weighted by molar-refractivity contribution is 5.36. The van der Waals surface area contributed by atoms with E-state index in [1.54, 1.807) is 6.07 Å². The van der Waals surface area contributed by atoms with Gasteiger partial charge in [0.1, 0.15) is 0 Å². The van der Waals surface area contributed by atoms with Crippen LogP contribution in [0.2, 0.25) is 0 Å². The summed E-state index contributed by atoms with van der Waals surface area (Å²) in [7, 11) is 0. The van der Waals surface area contributed by atoms with Crippen molar-refractivity contribution in [3.63, 3.8) is 0 Å². The van der Waals surface area contributed by atoms with E-state index in [4.69, 9.17) is 10.5 Å². The summed E-state index contributed by atoms with van der Waals surface area (Å²) in [5.41, 5.74) is 6.56. The SMILES string of the molecule is CCCCCCCCOc1c(F)cccc1[C@@H](C)N. The van der Waals surface area contributed by atoms with Gasteiger partial charge < -0.3 is 10.5 Å². The molecule has 2 nitrogen and oxygen atoms in total. The quantitative estimate of drug-likeness (QED) is 0.664. The van der Waals surface area contributed by atoms with Gasteiger partial charge in [0.05, 0.1) is 6.61 Å². The van der Waals surface area contributed by atoms with Crippen LogP contribution in [0, 0.1) is 5.82 Å². The van der Waals surface area contributed by atoms with Gasteiger partial charge >= 0.3 is 0 Å². The van der Waals surface area contributed by atoms with Crippen molar-refractivity contribution >= 4 is 0 Å². The zero-order valence-corrected chi connectivity index (χ0v) is 12.1. The number of rotatable bonds is 9. The summed E-state index contributed by atoms with van der Waals surface area (Å²) in [5.74, 6) is 0.00633. The first-order chi connectivity index (χ1) is 9.16. The highest BCUT2D eigenvalue weighted by atomic mass is 19.1. The molecular weight excluding hydrogens is 241 g/mol. The lowest BCUT2D eigenvalue weighted by molar-refractivity contribution is 0.285. The average molecular weight is 267 g/mol. The molecule has 0 bridgehead atoms. The van der Waals surface area contributed by atoms with Crippen molar-refractivity contribution in [2.45, 2.75) is 58.4 Å². The summed E-state index contributed by atoms with van der Waals surface area (Å²) < 4.78 is 19.3. The van der Waals surface area contributed by atoms with Gasteiger partial charge in [-0.25, -0.2) is 4.39 Å². The van der Waals surface area contributed by atoms with Gasteiger partial charge in [-0.05, 0) is 19.4 Å². The monoisotopic (exact) mass is 267 g/mol. The molecule has 0 unspecified atom stereocenters. The third kappa shape index (κ3) is 5.60. The number of ether oxygens (including phenoxy) is 1. The van der Waals surface area contributed by atoms with E-state index in [0.717, 1.165) is 18.4 Å². The number of nitrogens with two attached hydrogens (primary N) is 1. The number of hydrogen-bond acceptors (Lipinski definition) is 2. The minimum atomic E-state index is -0.319. The van der Waals surface area contributed by atoms with E-state index < -0.39 is 0 Å². The molecule has 1 rings (SSSR count). The molecule has 0 amide bonds. The summed E-state index contributed by atoms with van der Waals surface area (Å²) >= 11 is 0. The Morgan fingerprint density at radius 1 is 1.16 bits per heavy atom. The molecule has 0 heterocycles. The molecule has 1 atom stereocenters. The highest BCUT2D eigenvalue weighted by Crippen LogP contribution is 2.27. The molecule has 0 aliphatic heterocycles. The highest BCUT2D eigenvalue weighted by Gasteiger charge is 2.12. The smallest absolute Gasteiger partial charge is 0.165 e. The zero-order valence-electron chi connectivity index (χ0n) is 12.1. The Morgan fingerprint density at radius 2 is 1.84 bits per heavy atom. The van der Waals surface area contributed by atoms with Crippen molar-refractivity contribution in [3.8, 4) is 5.75 Å². The zero-order chi connectivity index (χ0) is 14.1. The topological polar surface area (TPSA) is 35.2 Å². The van der Waals surface area contributed by atoms with Crippen LogP contribution in [0.1, 0.15) is 64.0 Å². The van der Waals surface area contributed by atoms with Gasteiger partial charge in [0.15, 0.2) is 11.6 Å². The third-order valence-corrected chi connectivity index (χ3v) is 3.23. The van der Waals surface area contributed by atoms with E-state index in [1.807, 2.05) is 13.0 Å². The summed E-state index contributed by atoms with van der Waals surface area (Å²) in [6, 6.07) is 4.70. The molecule has 1 aromatic rings. The Labute approximate surface area is 116 Å². The minimum Gasteiger partial charge on any atom is -0.490 e. The van der Waals surface area contributed by atoms with Crippen molar-refractivity contribution in [1.29, 1.82) is 0 Å². The van der Waals surface area contributed by atoms with Crippen molar-refractivity contribution < 1.29 is 9.13 Å². The van der Waals surface area contributed by atoms with Gasteiger partial charge in [0, 0.05) is 11.6 Å². The second kappa shape index (κ2) is 8.92. The van der Waals surface area contributed by atoms with Gasteiger partial charge in [-0.2, -0.15) is 0 Å². The van der Waals surface area contributed by atoms with Crippen molar-refractivity contribution in [3.05, 3.63) is 29.6 Å². The largest absolute Gasteiger partial charge is 0.490 e. The number of hydrogen-bond donors (Lipinski definition) is 1. The number of halogens is 1. The van der Waals surface area contributed by atoms with Crippen molar-refractivity contribution in [1.82, 2.24) is 0 Å². The molecule has 2 N–H and O–H groups in total. The van der Waals surface area contributed by atoms with Crippen LogP contribution in [0.3, 0.4) is 0 Å². The average Bonchev–Trinajstić information content (AvgIpc) is 2.39. The second-order valence-electron chi connectivity index (χ2n) is 5.06. The lowest BCUT2D eigenvalue weighted by Gasteiger charge is -2.14. The maximum Gasteiger partial charge on any atom is 0.165 e. The number of benzene rings is 1. The maximum absolute atomic E-state index is 13.7. The summed E-state index contributed by atoms with van der Waals surface area (Å²) in [6.07, 6.45) is 7.17. The van der Waals surface area contributed by atoms with Gasteiger partial charge in [-0.15, -0.1) is 0 Å². The van der Waals surface area contributed by atoms with E-state index in [0.29, 0.717) is 12.4 Å². The normalized spacial score (nSPS) is 12.4. The Bertz CT molecular complexity index is 366. The Hall–Kier alpha value is -1.09. The van der Waals surface area contributed by atoms with E-state index in [9.17, 15) is 4.39 Å².